The monoisotopic (exact) mass is 201 g/mol. The lowest BCUT2D eigenvalue weighted by Crippen LogP contribution is -2.46. The molecule has 0 spiro atoms. The normalized spacial score (nSPS) is 17.9. The van der Waals surface area contributed by atoms with Crippen LogP contribution in [0.2, 0.25) is 0 Å². The van der Waals surface area contributed by atoms with Crippen LogP contribution in [0.15, 0.2) is 0 Å². The van der Waals surface area contributed by atoms with Crippen LogP contribution < -0.4 is 11.1 Å². The Labute approximate surface area is 84.6 Å². The Morgan fingerprint density at radius 2 is 2.21 bits per heavy atom. The minimum Gasteiger partial charge on any atom is -0.381 e. The molecule has 1 aliphatic heterocycles. The van der Waals surface area contributed by atoms with E-state index >= 15 is 0 Å². The number of amides is 2. The van der Waals surface area contributed by atoms with Gasteiger partial charge in [-0.1, -0.05) is 0 Å². The molecule has 1 saturated heterocycles. The molecule has 0 aliphatic carbocycles. The topological polar surface area (TPSA) is 67.6 Å². The van der Waals surface area contributed by atoms with E-state index in [1.165, 1.54) is 0 Å². The lowest BCUT2D eigenvalue weighted by Gasteiger charge is -2.26. The number of nitrogens with one attached hydrogen (secondary N) is 1. The third-order valence-corrected chi connectivity index (χ3v) is 2.36. The maximum absolute atomic E-state index is 11.5. The van der Waals surface area contributed by atoms with Crippen molar-refractivity contribution in [3.8, 4) is 0 Å². The highest BCUT2D eigenvalue weighted by atomic mass is 16.5. The molecule has 0 aromatic heterocycles. The lowest BCUT2D eigenvalue weighted by atomic mass is 10.1. The molecule has 1 heterocycles. The maximum Gasteiger partial charge on any atom is 0.317 e. The molecule has 1 rings (SSSR count). The van der Waals surface area contributed by atoms with Crippen LogP contribution in [-0.4, -0.2) is 50.3 Å². The summed E-state index contributed by atoms with van der Waals surface area (Å²) < 4.78 is 5.20. The predicted octanol–water partition coefficient (Wildman–Crippen LogP) is -0.234. The molecule has 0 unspecified atom stereocenters. The van der Waals surface area contributed by atoms with Crippen LogP contribution in [0.1, 0.15) is 12.8 Å². The second-order valence-corrected chi connectivity index (χ2v) is 3.55. The molecule has 2 amide bonds. The average molecular weight is 201 g/mol. The summed E-state index contributed by atoms with van der Waals surface area (Å²) in [6.45, 7) is 2.57. The lowest BCUT2D eigenvalue weighted by molar-refractivity contribution is 0.0786. The van der Waals surface area contributed by atoms with Gasteiger partial charge in [-0.15, -0.1) is 0 Å². The van der Waals surface area contributed by atoms with Gasteiger partial charge in [0.15, 0.2) is 0 Å². The number of likely N-dealkylation sites (N-methyl/N-ethyl adjacent to an activating group) is 1. The smallest absolute Gasteiger partial charge is 0.317 e. The molecule has 5 heteroatoms. The Morgan fingerprint density at radius 3 is 2.79 bits per heavy atom. The van der Waals surface area contributed by atoms with E-state index in [9.17, 15) is 4.79 Å². The Balaban J connectivity index is 2.24. The van der Waals surface area contributed by atoms with Crippen molar-refractivity contribution in [3.63, 3.8) is 0 Å². The number of ether oxygens (including phenoxy) is 1. The van der Waals surface area contributed by atoms with Gasteiger partial charge in [0.05, 0.1) is 0 Å². The van der Waals surface area contributed by atoms with E-state index in [1.54, 1.807) is 11.9 Å². The van der Waals surface area contributed by atoms with Gasteiger partial charge >= 0.3 is 6.03 Å². The summed E-state index contributed by atoms with van der Waals surface area (Å²) >= 11 is 0. The molecular formula is C9H19N3O2. The zero-order chi connectivity index (χ0) is 10.4. The highest BCUT2D eigenvalue weighted by Gasteiger charge is 2.17. The second-order valence-electron chi connectivity index (χ2n) is 3.55. The summed E-state index contributed by atoms with van der Waals surface area (Å²) in [4.78, 5) is 13.1. The Hall–Kier alpha value is -0.810. The van der Waals surface area contributed by atoms with Crippen molar-refractivity contribution in [1.82, 2.24) is 10.2 Å². The van der Waals surface area contributed by atoms with Crippen molar-refractivity contribution in [2.75, 3.05) is 33.4 Å². The van der Waals surface area contributed by atoms with Gasteiger partial charge in [0.1, 0.15) is 0 Å². The van der Waals surface area contributed by atoms with Gasteiger partial charge < -0.3 is 20.7 Å². The fourth-order valence-electron chi connectivity index (χ4n) is 1.42. The van der Waals surface area contributed by atoms with Crippen LogP contribution in [0, 0.1) is 0 Å². The molecule has 0 radical (unpaired) electrons. The summed E-state index contributed by atoms with van der Waals surface area (Å²) in [7, 11) is 1.75. The highest BCUT2D eigenvalue weighted by molar-refractivity contribution is 5.74. The number of carbonyl (C=O) groups is 1. The van der Waals surface area contributed by atoms with Crippen molar-refractivity contribution < 1.29 is 9.53 Å². The maximum atomic E-state index is 11.5. The first kappa shape index (κ1) is 11.3. The SMILES string of the molecule is CN(CCN)C(=O)NC1CCOCC1. The Morgan fingerprint density at radius 1 is 1.57 bits per heavy atom. The summed E-state index contributed by atoms with van der Waals surface area (Å²) in [5, 5.41) is 2.95. The second kappa shape index (κ2) is 5.82. The molecule has 1 aliphatic rings. The number of hydrogen-bond donors (Lipinski definition) is 2. The quantitative estimate of drug-likeness (QED) is 0.662. The van der Waals surface area contributed by atoms with Crippen molar-refractivity contribution in [2.45, 2.75) is 18.9 Å². The zero-order valence-electron chi connectivity index (χ0n) is 8.66. The van der Waals surface area contributed by atoms with Crippen molar-refractivity contribution in [3.05, 3.63) is 0 Å². The Kier molecular flexibility index (Phi) is 4.69. The molecule has 0 saturated carbocycles. The molecule has 3 N–H and O–H groups in total. The van der Waals surface area contributed by atoms with Crippen LogP contribution >= 0.6 is 0 Å². The standard InChI is InChI=1S/C9H19N3O2/c1-12(5-4-10)9(13)11-8-2-6-14-7-3-8/h8H,2-7,10H2,1H3,(H,11,13). The molecule has 0 aromatic carbocycles. The zero-order valence-corrected chi connectivity index (χ0v) is 8.66. The Bertz CT molecular complexity index is 181. The average Bonchev–Trinajstić information content (AvgIpc) is 2.19. The molecule has 14 heavy (non-hydrogen) atoms. The number of nitrogens with zero attached hydrogens (tertiary/aromatic N) is 1. The van der Waals surface area contributed by atoms with Crippen LogP contribution in [0.4, 0.5) is 4.79 Å². The summed E-state index contributed by atoms with van der Waals surface area (Å²) in [5.41, 5.74) is 5.36. The fourth-order valence-corrected chi connectivity index (χ4v) is 1.42. The van der Waals surface area contributed by atoms with Gasteiger partial charge in [-0.2, -0.15) is 0 Å². The number of carbonyl (C=O) groups excluding carboxylic acids is 1. The van der Waals surface area contributed by atoms with Crippen LogP contribution in [0.5, 0.6) is 0 Å². The predicted molar refractivity (Wildman–Crippen MR) is 54.1 cm³/mol. The van der Waals surface area contributed by atoms with E-state index in [2.05, 4.69) is 5.32 Å². The van der Waals surface area contributed by atoms with Gasteiger partial charge in [-0.05, 0) is 12.8 Å². The van der Waals surface area contributed by atoms with E-state index in [-0.39, 0.29) is 12.1 Å². The summed E-state index contributed by atoms with van der Waals surface area (Å²) in [5.74, 6) is 0. The van der Waals surface area contributed by atoms with E-state index in [1.807, 2.05) is 0 Å². The first-order valence-electron chi connectivity index (χ1n) is 5.03. The minimum absolute atomic E-state index is 0.0395. The third kappa shape index (κ3) is 3.51. The molecule has 0 atom stereocenters. The van der Waals surface area contributed by atoms with Crippen LogP contribution in [-0.2, 0) is 4.74 Å². The van der Waals surface area contributed by atoms with Crippen LogP contribution in [0.25, 0.3) is 0 Å². The fraction of sp³-hybridized carbons (Fsp3) is 0.889. The molecule has 0 bridgehead atoms. The summed E-state index contributed by atoms with van der Waals surface area (Å²) in [6, 6.07) is 0.221. The van der Waals surface area contributed by atoms with E-state index in [0.29, 0.717) is 13.1 Å². The van der Waals surface area contributed by atoms with Gasteiger partial charge in [0, 0.05) is 39.4 Å². The van der Waals surface area contributed by atoms with E-state index in [0.717, 1.165) is 26.1 Å². The molecule has 82 valence electrons. The van der Waals surface area contributed by atoms with Crippen LogP contribution in [0.3, 0.4) is 0 Å². The number of hydrogen-bond acceptors (Lipinski definition) is 3. The third-order valence-electron chi connectivity index (χ3n) is 2.36. The number of rotatable bonds is 3. The van der Waals surface area contributed by atoms with Gasteiger partial charge in [0.25, 0.3) is 0 Å². The molecule has 0 aromatic rings. The van der Waals surface area contributed by atoms with E-state index < -0.39 is 0 Å². The highest BCUT2D eigenvalue weighted by Crippen LogP contribution is 2.06. The van der Waals surface area contributed by atoms with E-state index in [4.69, 9.17) is 10.5 Å². The van der Waals surface area contributed by atoms with Gasteiger partial charge in [0.2, 0.25) is 0 Å². The van der Waals surface area contributed by atoms with Crippen molar-refractivity contribution in [1.29, 1.82) is 0 Å². The minimum atomic E-state index is -0.0395. The number of nitrogens with two attached hydrogens (primary N) is 1. The van der Waals surface area contributed by atoms with Crippen molar-refractivity contribution >= 4 is 6.03 Å². The number of urea groups is 1. The summed E-state index contributed by atoms with van der Waals surface area (Å²) in [6.07, 6.45) is 1.81. The van der Waals surface area contributed by atoms with Crippen molar-refractivity contribution in [2.24, 2.45) is 5.73 Å². The molecule has 5 nitrogen and oxygen atoms in total. The van der Waals surface area contributed by atoms with Gasteiger partial charge in [-0.25, -0.2) is 4.79 Å². The van der Waals surface area contributed by atoms with Gasteiger partial charge in [-0.3, -0.25) is 0 Å². The first-order chi connectivity index (χ1) is 6.74. The molecular weight excluding hydrogens is 182 g/mol. The largest absolute Gasteiger partial charge is 0.381 e. The molecule has 1 fully saturated rings. The first-order valence-corrected chi connectivity index (χ1v) is 5.03.